The molecule has 0 aliphatic heterocycles. The Kier molecular flexibility index (Phi) is 6.43. The Morgan fingerprint density at radius 3 is 2.63 bits per heavy atom. The minimum Gasteiger partial charge on any atom is -0.383 e. The van der Waals surface area contributed by atoms with Crippen molar-refractivity contribution in [2.75, 3.05) is 25.6 Å². The Morgan fingerprint density at radius 2 is 1.89 bits per heavy atom. The topological polar surface area (TPSA) is 89.0 Å². The first-order valence-corrected chi connectivity index (χ1v) is 8.61. The third-order valence-corrected chi connectivity index (χ3v) is 3.76. The molecule has 7 nitrogen and oxygen atoms in total. The van der Waals surface area contributed by atoms with Gasteiger partial charge in [0.05, 0.1) is 18.8 Å². The number of carbonyl (C=O) groups is 1. The minimum atomic E-state index is -0.271. The number of carbonyl (C=O) groups excluding carboxylic acids is 1. The van der Waals surface area contributed by atoms with E-state index in [2.05, 4.69) is 25.6 Å². The van der Waals surface area contributed by atoms with Crippen LogP contribution in [0.3, 0.4) is 0 Å². The van der Waals surface area contributed by atoms with E-state index in [0.29, 0.717) is 37.0 Å². The Balaban J connectivity index is 1.84. The highest BCUT2D eigenvalue weighted by atomic mass is 16.5. The number of rotatable bonds is 8. The molecule has 0 spiro atoms. The smallest absolute Gasteiger partial charge is 0.270 e. The number of nitrogens with one attached hydrogen (secondary N) is 2. The zero-order chi connectivity index (χ0) is 18.9. The summed E-state index contributed by atoms with van der Waals surface area (Å²) in [6.07, 6.45) is 1.74. The SMILES string of the molecule is COCCNC(=O)c1cc(NCc2ccccn2)nc(-c2ccccc2)n1. The molecule has 1 amide bonds. The molecule has 0 atom stereocenters. The average molecular weight is 363 g/mol. The molecule has 0 bridgehead atoms. The summed E-state index contributed by atoms with van der Waals surface area (Å²) in [6.45, 7) is 1.35. The molecule has 3 rings (SSSR count). The van der Waals surface area contributed by atoms with E-state index in [9.17, 15) is 4.79 Å². The number of methoxy groups -OCH3 is 1. The number of pyridine rings is 1. The lowest BCUT2D eigenvalue weighted by Crippen LogP contribution is -2.28. The summed E-state index contributed by atoms with van der Waals surface area (Å²) in [5.74, 6) is 0.775. The molecule has 0 saturated carbocycles. The van der Waals surface area contributed by atoms with Gasteiger partial charge in [-0.05, 0) is 12.1 Å². The number of anilines is 1. The van der Waals surface area contributed by atoms with Crippen LogP contribution in [-0.4, -0.2) is 41.1 Å². The highest BCUT2D eigenvalue weighted by Gasteiger charge is 2.13. The highest BCUT2D eigenvalue weighted by molar-refractivity contribution is 5.93. The molecule has 0 aliphatic rings. The average Bonchev–Trinajstić information content (AvgIpc) is 2.73. The zero-order valence-corrected chi connectivity index (χ0v) is 15.1. The molecule has 7 heteroatoms. The zero-order valence-electron chi connectivity index (χ0n) is 15.1. The summed E-state index contributed by atoms with van der Waals surface area (Å²) in [5.41, 5.74) is 2.01. The van der Waals surface area contributed by atoms with Gasteiger partial charge in [0.25, 0.3) is 5.91 Å². The monoisotopic (exact) mass is 363 g/mol. The number of benzene rings is 1. The molecular formula is C20H21N5O2. The summed E-state index contributed by atoms with van der Waals surface area (Å²) in [5, 5.41) is 6.00. The van der Waals surface area contributed by atoms with Crippen molar-refractivity contribution in [3.05, 3.63) is 72.2 Å². The van der Waals surface area contributed by atoms with E-state index in [1.54, 1.807) is 19.4 Å². The van der Waals surface area contributed by atoms with E-state index in [-0.39, 0.29) is 5.91 Å². The van der Waals surface area contributed by atoms with Gasteiger partial charge >= 0.3 is 0 Å². The van der Waals surface area contributed by atoms with Crippen molar-refractivity contribution in [3.63, 3.8) is 0 Å². The Labute approximate surface area is 157 Å². The predicted octanol–water partition coefficient (Wildman–Crippen LogP) is 2.53. The van der Waals surface area contributed by atoms with Crippen LogP contribution in [0.1, 0.15) is 16.2 Å². The first kappa shape index (κ1) is 18.5. The van der Waals surface area contributed by atoms with Crippen molar-refractivity contribution in [1.29, 1.82) is 0 Å². The second-order valence-corrected chi connectivity index (χ2v) is 5.75. The van der Waals surface area contributed by atoms with Gasteiger partial charge in [-0.3, -0.25) is 9.78 Å². The predicted molar refractivity (Wildman–Crippen MR) is 103 cm³/mol. The molecule has 2 N–H and O–H groups in total. The van der Waals surface area contributed by atoms with Crippen LogP contribution in [0.15, 0.2) is 60.8 Å². The van der Waals surface area contributed by atoms with Gasteiger partial charge in [0, 0.05) is 31.5 Å². The van der Waals surface area contributed by atoms with Gasteiger partial charge in [0.1, 0.15) is 11.5 Å². The first-order chi connectivity index (χ1) is 13.3. The lowest BCUT2D eigenvalue weighted by Gasteiger charge is -2.10. The summed E-state index contributed by atoms with van der Waals surface area (Å²) in [6, 6.07) is 16.9. The van der Waals surface area contributed by atoms with Crippen LogP contribution in [-0.2, 0) is 11.3 Å². The molecule has 2 aromatic heterocycles. The normalized spacial score (nSPS) is 10.4. The largest absolute Gasteiger partial charge is 0.383 e. The number of amides is 1. The van der Waals surface area contributed by atoms with Gasteiger partial charge in [0.2, 0.25) is 0 Å². The summed E-state index contributed by atoms with van der Waals surface area (Å²) in [7, 11) is 1.59. The van der Waals surface area contributed by atoms with Gasteiger partial charge < -0.3 is 15.4 Å². The Hall–Kier alpha value is -3.32. The van der Waals surface area contributed by atoms with Gasteiger partial charge in [-0.2, -0.15) is 0 Å². The standard InChI is InChI=1S/C20H21N5O2/c1-27-12-11-22-20(26)17-13-18(23-14-16-9-5-6-10-21-16)25-19(24-17)15-7-3-2-4-8-15/h2-10,13H,11-12,14H2,1H3,(H,22,26)(H,23,24,25). The first-order valence-electron chi connectivity index (χ1n) is 8.61. The fourth-order valence-electron chi connectivity index (χ4n) is 2.41. The second-order valence-electron chi connectivity index (χ2n) is 5.75. The maximum atomic E-state index is 12.4. The second kappa shape index (κ2) is 9.40. The molecular weight excluding hydrogens is 342 g/mol. The molecule has 2 heterocycles. The lowest BCUT2D eigenvalue weighted by atomic mass is 10.2. The fourth-order valence-corrected chi connectivity index (χ4v) is 2.41. The van der Waals surface area contributed by atoms with E-state index >= 15 is 0 Å². The minimum absolute atomic E-state index is 0.271. The van der Waals surface area contributed by atoms with Crippen LogP contribution >= 0.6 is 0 Å². The maximum absolute atomic E-state index is 12.4. The lowest BCUT2D eigenvalue weighted by molar-refractivity contribution is 0.0932. The third kappa shape index (κ3) is 5.32. The van der Waals surface area contributed by atoms with Crippen LogP contribution in [0, 0.1) is 0 Å². The molecule has 138 valence electrons. The van der Waals surface area contributed by atoms with E-state index < -0.39 is 0 Å². The maximum Gasteiger partial charge on any atom is 0.270 e. The Morgan fingerprint density at radius 1 is 1.07 bits per heavy atom. The highest BCUT2D eigenvalue weighted by Crippen LogP contribution is 2.18. The number of aromatic nitrogens is 3. The van der Waals surface area contributed by atoms with E-state index in [1.807, 2.05) is 48.5 Å². The van der Waals surface area contributed by atoms with E-state index in [1.165, 1.54) is 0 Å². The van der Waals surface area contributed by atoms with Crippen molar-refractivity contribution >= 4 is 11.7 Å². The van der Waals surface area contributed by atoms with Crippen molar-refractivity contribution in [3.8, 4) is 11.4 Å². The van der Waals surface area contributed by atoms with Crippen LogP contribution in [0.25, 0.3) is 11.4 Å². The van der Waals surface area contributed by atoms with Gasteiger partial charge in [-0.15, -0.1) is 0 Å². The van der Waals surface area contributed by atoms with Gasteiger partial charge in [-0.1, -0.05) is 36.4 Å². The van der Waals surface area contributed by atoms with Crippen LogP contribution < -0.4 is 10.6 Å². The number of hydrogen-bond donors (Lipinski definition) is 2. The van der Waals surface area contributed by atoms with Gasteiger partial charge in [-0.25, -0.2) is 9.97 Å². The van der Waals surface area contributed by atoms with Crippen molar-refractivity contribution in [2.24, 2.45) is 0 Å². The number of nitrogens with zero attached hydrogens (tertiary/aromatic N) is 3. The van der Waals surface area contributed by atoms with Crippen molar-refractivity contribution in [1.82, 2.24) is 20.3 Å². The summed E-state index contributed by atoms with van der Waals surface area (Å²) in [4.78, 5) is 25.7. The molecule has 0 aliphatic carbocycles. The fraction of sp³-hybridized carbons (Fsp3) is 0.200. The summed E-state index contributed by atoms with van der Waals surface area (Å²) < 4.78 is 4.97. The quantitative estimate of drug-likeness (QED) is 0.598. The molecule has 27 heavy (non-hydrogen) atoms. The molecule has 0 radical (unpaired) electrons. The molecule has 0 unspecified atom stereocenters. The van der Waals surface area contributed by atoms with Crippen LogP contribution in [0.5, 0.6) is 0 Å². The van der Waals surface area contributed by atoms with Gasteiger partial charge in [0.15, 0.2) is 5.82 Å². The van der Waals surface area contributed by atoms with Crippen molar-refractivity contribution < 1.29 is 9.53 Å². The van der Waals surface area contributed by atoms with Crippen LogP contribution in [0.4, 0.5) is 5.82 Å². The molecule has 0 fully saturated rings. The number of ether oxygens (including phenoxy) is 1. The number of hydrogen-bond acceptors (Lipinski definition) is 6. The molecule has 3 aromatic rings. The van der Waals surface area contributed by atoms with E-state index in [0.717, 1.165) is 11.3 Å². The van der Waals surface area contributed by atoms with E-state index in [4.69, 9.17) is 4.74 Å². The van der Waals surface area contributed by atoms with Crippen LogP contribution in [0.2, 0.25) is 0 Å². The molecule has 0 saturated heterocycles. The molecule has 1 aromatic carbocycles. The van der Waals surface area contributed by atoms with Crippen molar-refractivity contribution in [2.45, 2.75) is 6.54 Å². The Bertz CT molecular complexity index is 872. The third-order valence-electron chi connectivity index (χ3n) is 3.76. The summed E-state index contributed by atoms with van der Waals surface area (Å²) >= 11 is 0.